The van der Waals surface area contributed by atoms with E-state index < -0.39 is 6.10 Å². The molecule has 0 fully saturated rings. The summed E-state index contributed by atoms with van der Waals surface area (Å²) >= 11 is 6.31. The van der Waals surface area contributed by atoms with Crippen molar-refractivity contribution in [3.63, 3.8) is 0 Å². The fourth-order valence-electron chi connectivity index (χ4n) is 2.22. The van der Waals surface area contributed by atoms with Crippen molar-refractivity contribution in [3.05, 3.63) is 63.7 Å². The van der Waals surface area contributed by atoms with Crippen molar-refractivity contribution in [2.75, 3.05) is 6.61 Å². The first-order valence-corrected chi connectivity index (χ1v) is 7.08. The number of aliphatic hydroxyl groups is 1. The Bertz CT molecular complexity index is 608. The second-order valence-electron chi connectivity index (χ2n) is 4.85. The zero-order valence-corrected chi connectivity index (χ0v) is 12.7. The summed E-state index contributed by atoms with van der Waals surface area (Å²) in [6.45, 7) is 6.40. The third-order valence-corrected chi connectivity index (χ3v) is 3.79. The molecule has 0 amide bonds. The van der Waals surface area contributed by atoms with Crippen LogP contribution in [0.25, 0.3) is 0 Å². The highest BCUT2D eigenvalue weighted by molar-refractivity contribution is 6.32. The lowest BCUT2D eigenvalue weighted by atomic mass is 9.97. The largest absolute Gasteiger partial charge is 0.493 e. The van der Waals surface area contributed by atoms with Gasteiger partial charge in [0, 0.05) is 16.1 Å². The summed E-state index contributed by atoms with van der Waals surface area (Å²) < 4.78 is 5.60. The summed E-state index contributed by atoms with van der Waals surface area (Å²) in [7, 11) is 0. The number of aliphatic hydroxyl groups excluding tert-OH is 1. The number of hydrogen-bond donors (Lipinski definition) is 1. The van der Waals surface area contributed by atoms with Gasteiger partial charge in [0.2, 0.25) is 0 Å². The van der Waals surface area contributed by atoms with Crippen LogP contribution in [0, 0.1) is 13.8 Å². The molecule has 0 aliphatic rings. The van der Waals surface area contributed by atoms with Gasteiger partial charge in [-0.05, 0) is 38.5 Å². The van der Waals surface area contributed by atoms with E-state index in [1.807, 2.05) is 57.2 Å². The number of halogens is 1. The maximum Gasteiger partial charge on any atom is 0.125 e. The number of aryl methyl sites for hydroxylation is 2. The minimum atomic E-state index is -0.788. The normalized spacial score (nSPS) is 12.2. The second kappa shape index (κ2) is 6.29. The molecule has 2 rings (SSSR count). The average Bonchev–Trinajstić information content (AvgIpc) is 2.43. The van der Waals surface area contributed by atoms with Gasteiger partial charge in [0.15, 0.2) is 0 Å². The van der Waals surface area contributed by atoms with Gasteiger partial charge in [0.05, 0.1) is 6.61 Å². The fraction of sp³-hybridized carbons (Fsp3) is 0.294. The van der Waals surface area contributed by atoms with E-state index in [-0.39, 0.29) is 0 Å². The van der Waals surface area contributed by atoms with Crippen LogP contribution in [-0.2, 0) is 0 Å². The standard InChI is InChI=1S/C17H19ClO2/c1-4-20-15-9-8-11(2)10-14(15)17(19)13-7-5-6-12(3)16(13)18/h5-10,17,19H,4H2,1-3H3. The van der Waals surface area contributed by atoms with Gasteiger partial charge >= 0.3 is 0 Å². The monoisotopic (exact) mass is 290 g/mol. The van der Waals surface area contributed by atoms with Crippen molar-refractivity contribution in [2.45, 2.75) is 26.9 Å². The lowest BCUT2D eigenvalue weighted by molar-refractivity contribution is 0.212. The molecule has 3 heteroatoms. The van der Waals surface area contributed by atoms with E-state index in [4.69, 9.17) is 16.3 Å². The maximum absolute atomic E-state index is 10.7. The van der Waals surface area contributed by atoms with Crippen molar-refractivity contribution in [1.82, 2.24) is 0 Å². The molecule has 0 heterocycles. The van der Waals surface area contributed by atoms with Gasteiger partial charge in [-0.2, -0.15) is 0 Å². The van der Waals surface area contributed by atoms with E-state index in [1.54, 1.807) is 0 Å². The predicted molar refractivity (Wildman–Crippen MR) is 82.6 cm³/mol. The summed E-state index contributed by atoms with van der Waals surface area (Å²) in [6, 6.07) is 11.5. The van der Waals surface area contributed by atoms with Crippen LogP contribution in [0.2, 0.25) is 5.02 Å². The smallest absolute Gasteiger partial charge is 0.125 e. The zero-order chi connectivity index (χ0) is 14.7. The van der Waals surface area contributed by atoms with Gasteiger partial charge in [-0.3, -0.25) is 0 Å². The Balaban J connectivity index is 2.49. The molecule has 0 saturated heterocycles. The third kappa shape index (κ3) is 2.97. The zero-order valence-electron chi connectivity index (χ0n) is 12.0. The Labute approximate surface area is 125 Å². The van der Waals surface area contributed by atoms with Crippen LogP contribution in [0.4, 0.5) is 0 Å². The molecule has 0 aliphatic heterocycles. The first-order valence-electron chi connectivity index (χ1n) is 6.71. The Morgan fingerprint density at radius 2 is 1.90 bits per heavy atom. The second-order valence-corrected chi connectivity index (χ2v) is 5.23. The highest BCUT2D eigenvalue weighted by Crippen LogP contribution is 2.35. The number of benzene rings is 2. The fourth-order valence-corrected chi connectivity index (χ4v) is 2.45. The van der Waals surface area contributed by atoms with Crippen LogP contribution in [-0.4, -0.2) is 11.7 Å². The van der Waals surface area contributed by atoms with Crippen molar-refractivity contribution in [1.29, 1.82) is 0 Å². The maximum atomic E-state index is 10.7. The molecule has 1 atom stereocenters. The quantitative estimate of drug-likeness (QED) is 0.902. The van der Waals surface area contributed by atoms with Crippen molar-refractivity contribution in [2.24, 2.45) is 0 Å². The molecule has 0 spiro atoms. The molecule has 2 aromatic rings. The molecule has 2 aromatic carbocycles. The molecule has 0 aromatic heterocycles. The van der Waals surface area contributed by atoms with E-state index in [0.717, 1.165) is 16.7 Å². The molecular formula is C17H19ClO2. The molecular weight excluding hydrogens is 272 g/mol. The van der Waals surface area contributed by atoms with Crippen molar-refractivity contribution < 1.29 is 9.84 Å². The molecule has 1 N–H and O–H groups in total. The van der Waals surface area contributed by atoms with Gasteiger partial charge in [-0.15, -0.1) is 0 Å². The van der Waals surface area contributed by atoms with Crippen LogP contribution in [0.5, 0.6) is 5.75 Å². The molecule has 0 bridgehead atoms. The van der Waals surface area contributed by atoms with Crippen LogP contribution in [0.1, 0.15) is 35.3 Å². The summed E-state index contributed by atoms with van der Waals surface area (Å²) in [5.74, 6) is 0.697. The van der Waals surface area contributed by atoms with Crippen LogP contribution < -0.4 is 4.74 Å². The minimum Gasteiger partial charge on any atom is -0.493 e. The van der Waals surface area contributed by atoms with E-state index in [1.165, 1.54) is 0 Å². The summed E-state index contributed by atoms with van der Waals surface area (Å²) in [4.78, 5) is 0. The molecule has 0 radical (unpaired) electrons. The van der Waals surface area contributed by atoms with Gasteiger partial charge in [0.1, 0.15) is 11.9 Å². The molecule has 1 unspecified atom stereocenters. The number of ether oxygens (including phenoxy) is 1. The van der Waals surface area contributed by atoms with E-state index in [9.17, 15) is 5.11 Å². The Kier molecular flexibility index (Phi) is 4.69. The molecule has 20 heavy (non-hydrogen) atoms. The third-order valence-electron chi connectivity index (χ3n) is 3.28. The lowest BCUT2D eigenvalue weighted by Crippen LogP contribution is -2.05. The summed E-state index contributed by atoms with van der Waals surface area (Å²) in [6.07, 6.45) is -0.788. The Morgan fingerprint density at radius 3 is 2.60 bits per heavy atom. The van der Waals surface area contributed by atoms with Gasteiger partial charge < -0.3 is 9.84 Å². The summed E-state index contributed by atoms with van der Waals surface area (Å²) in [5, 5.41) is 11.3. The van der Waals surface area contributed by atoms with Gasteiger partial charge in [0.25, 0.3) is 0 Å². The van der Waals surface area contributed by atoms with E-state index in [0.29, 0.717) is 22.9 Å². The van der Waals surface area contributed by atoms with Crippen molar-refractivity contribution in [3.8, 4) is 5.75 Å². The first kappa shape index (κ1) is 14.9. The Morgan fingerprint density at radius 1 is 1.15 bits per heavy atom. The lowest BCUT2D eigenvalue weighted by Gasteiger charge is -2.18. The first-order chi connectivity index (χ1) is 9.54. The molecule has 2 nitrogen and oxygen atoms in total. The SMILES string of the molecule is CCOc1ccc(C)cc1C(O)c1cccc(C)c1Cl. The average molecular weight is 291 g/mol. The van der Waals surface area contributed by atoms with E-state index in [2.05, 4.69) is 0 Å². The van der Waals surface area contributed by atoms with Crippen LogP contribution in [0.3, 0.4) is 0 Å². The summed E-state index contributed by atoms with van der Waals surface area (Å²) in [5.41, 5.74) is 3.48. The molecule has 106 valence electrons. The highest BCUT2D eigenvalue weighted by atomic mass is 35.5. The topological polar surface area (TPSA) is 29.5 Å². The van der Waals surface area contributed by atoms with Crippen LogP contribution >= 0.6 is 11.6 Å². The van der Waals surface area contributed by atoms with Crippen LogP contribution in [0.15, 0.2) is 36.4 Å². The van der Waals surface area contributed by atoms with E-state index >= 15 is 0 Å². The highest BCUT2D eigenvalue weighted by Gasteiger charge is 2.19. The van der Waals surface area contributed by atoms with Gasteiger partial charge in [-0.25, -0.2) is 0 Å². The number of rotatable bonds is 4. The minimum absolute atomic E-state index is 0.560. The molecule has 0 aliphatic carbocycles. The predicted octanol–water partition coefficient (Wildman–Crippen LogP) is 4.44. The Hall–Kier alpha value is -1.51. The van der Waals surface area contributed by atoms with Crippen molar-refractivity contribution >= 4 is 11.6 Å². The number of hydrogen-bond acceptors (Lipinski definition) is 2. The molecule has 0 saturated carbocycles. The van der Waals surface area contributed by atoms with Gasteiger partial charge in [-0.1, -0.05) is 41.4 Å².